The van der Waals surface area contributed by atoms with Gasteiger partial charge in [0.2, 0.25) is 0 Å². The number of H-pyrrole nitrogens is 2. The molecule has 0 aliphatic carbocycles. The van der Waals surface area contributed by atoms with Gasteiger partial charge in [-0.25, -0.2) is 24.9 Å². The van der Waals surface area contributed by atoms with Crippen LogP contribution < -0.4 is 5.32 Å². The summed E-state index contributed by atoms with van der Waals surface area (Å²) in [5.74, 6) is 1.90. The lowest BCUT2D eigenvalue weighted by Crippen LogP contribution is -2.17. The van der Waals surface area contributed by atoms with Crippen molar-refractivity contribution in [3.8, 4) is 44.5 Å². The van der Waals surface area contributed by atoms with E-state index in [0.717, 1.165) is 89.7 Å². The van der Waals surface area contributed by atoms with Crippen molar-refractivity contribution in [3.05, 3.63) is 216 Å². The molecule has 0 saturated heterocycles. The number of nitrogens with zero attached hydrogens (tertiary/aromatic N) is 8. The van der Waals surface area contributed by atoms with Crippen molar-refractivity contribution < 1.29 is 4.79 Å². The van der Waals surface area contributed by atoms with Crippen molar-refractivity contribution in [2.45, 2.75) is 5.92 Å². The first kappa shape index (κ1) is 42.0. The number of imidazole rings is 3. The van der Waals surface area contributed by atoms with E-state index < -0.39 is 5.92 Å². The lowest BCUT2D eigenvalue weighted by molar-refractivity contribution is 0.102. The summed E-state index contributed by atoms with van der Waals surface area (Å²) < 4.78 is 5.85. The summed E-state index contributed by atoms with van der Waals surface area (Å²) in [5, 5.41) is 3.15. The van der Waals surface area contributed by atoms with Gasteiger partial charge in [0.1, 0.15) is 23.4 Å². The van der Waals surface area contributed by atoms with E-state index in [9.17, 15) is 4.79 Å². The van der Waals surface area contributed by atoms with E-state index in [4.69, 9.17) is 24.9 Å². The average Bonchev–Trinajstić information content (AvgIpc) is 4.26. The number of rotatable bonds is 9. The Morgan fingerprint density at radius 3 is 1.33 bits per heavy atom. The number of amides is 1. The molecule has 2 aliphatic heterocycles. The first-order valence-corrected chi connectivity index (χ1v) is 23.1. The van der Waals surface area contributed by atoms with Gasteiger partial charge < -0.3 is 29.0 Å². The molecular formula is C58H45N11O. The Bertz CT molecular complexity index is 3790. The molecule has 338 valence electrons. The number of aromatic nitrogens is 10. The maximum Gasteiger partial charge on any atom is 0.257 e. The van der Waals surface area contributed by atoms with Gasteiger partial charge in [0.15, 0.2) is 5.82 Å². The van der Waals surface area contributed by atoms with E-state index in [1.54, 1.807) is 12.4 Å². The van der Waals surface area contributed by atoms with Crippen LogP contribution in [0.2, 0.25) is 0 Å². The molecule has 10 aromatic rings. The van der Waals surface area contributed by atoms with Crippen molar-refractivity contribution in [3.63, 3.8) is 0 Å². The number of carbonyl (C=O) groups excluding carboxylic acids is 1. The fourth-order valence-corrected chi connectivity index (χ4v) is 9.76. The molecule has 12 rings (SSSR count). The molecule has 12 nitrogen and oxygen atoms in total. The van der Waals surface area contributed by atoms with Crippen molar-refractivity contribution in [2.24, 2.45) is 21.1 Å². The second-order valence-electron chi connectivity index (χ2n) is 17.4. The lowest BCUT2D eigenvalue weighted by Gasteiger charge is -2.16. The summed E-state index contributed by atoms with van der Waals surface area (Å²) in [5.41, 5.74) is 14.4. The molecule has 0 fully saturated rings. The predicted molar refractivity (Wildman–Crippen MR) is 279 cm³/mol. The molecule has 0 unspecified atom stereocenters. The van der Waals surface area contributed by atoms with E-state index >= 15 is 0 Å². The van der Waals surface area contributed by atoms with Gasteiger partial charge in [-0.05, 0) is 76.9 Å². The fourth-order valence-electron chi connectivity index (χ4n) is 9.76. The van der Waals surface area contributed by atoms with Crippen LogP contribution in [0.15, 0.2) is 171 Å². The summed E-state index contributed by atoms with van der Waals surface area (Å²) in [7, 11) is 5.83. The standard InChI is InChI=1S/C58H45N11O/c1-67-33-31-59-55(67)54(56-60-32-34-68(56)2)57-65-49(35-69(57)3)66-58(70)40-22-14-13-21-39(40)53-47-29-27-45(63-47)51(37-17-9-5-10-18-37)43-25-23-41(61-43)50(36-15-7-4-8-16-36)42-24-26-44(62-42)52(38-19-11-6-12-20-38)46-28-30-48(53)64-46/h4-35,54,61,64H,1-3H3,(H,66,70). The smallest absolute Gasteiger partial charge is 0.257 e. The number of hydrogen-bond donors (Lipinski definition) is 3. The van der Waals surface area contributed by atoms with E-state index in [2.05, 4.69) is 106 Å². The van der Waals surface area contributed by atoms with Crippen LogP contribution in [0, 0.1) is 0 Å². The molecule has 3 N–H and O–H groups in total. The molecule has 0 spiro atoms. The van der Waals surface area contributed by atoms with E-state index in [1.807, 2.05) is 126 Å². The summed E-state index contributed by atoms with van der Waals surface area (Å²) in [4.78, 5) is 47.8. The normalized spacial score (nSPS) is 12.0. The zero-order valence-electron chi connectivity index (χ0n) is 38.5. The molecule has 1 amide bonds. The fraction of sp³-hybridized carbons (Fsp3) is 0.0690. The first-order chi connectivity index (χ1) is 34.4. The van der Waals surface area contributed by atoms with Crippen molar-refractivity contribution in [1.82, 2.24) is 48.6 Å². The summed E-state index contributed by atoms with van der Waals surface area (Å²) >= 11 is 0. The molecule has 0 saturated carbocycles. The number of benzene rings is 4. The number of aryl methyl sites for hydroxylation is 3. The first-order valence-electron chi connectivity index (χ1n) is 23.1. The van der Waals surface area contributed by atoms with Crippen LogP contribution in [0.4, 0.5) is 5.82 Å². The van der Waals surface area contributed by atoms with Crippen LogP contribution in [-0.4, -0.2) is 54.5 Å². The summed E-state index contributed by atoms with van der Waals surface area (Å²) in [6.45, 7) is 0. The van der Waals surface area contributed by atoms with Crippen molar-refractivity contribution in [2.75, 3.05) is 5.32 Å². The largest absolute Gasteiger partial charge is 0.354 e. The van der Waals surface area contributed by atoms with E-state index in [0.29, 0.717) is 28.5 Å². The molecule has 70 heavy (non-hydrogen) atoms. The highest BCUT2D eigenvalue weighted by Crippen LogP contribution is 2.39. The Balaban J connectivity index is 1.08. The number of aromatic amines is 2. The molecule has 12 heteroatoms. The minimum absolute atomic E-state index is 0.324. The summed E-state index contributed by atoms with van der Waals surface area (Å²) in [6, 6.07) is 47.1. The molecule has 4 aromatic carbocycles. The Morgan fingerprint density at radius 1 is 0.471 bits per heavy atom. The topological polar surface area (TPSA) is 140 Å². The average molecular weight is 912 g/mol. The van der Waals surface area contributed by atoms with Gasteiger partial charge in [0, 0.05) is 102 Å². The molecule has 8 bridgehead atoms. The Labute approximate surface area is 403 Å². The maximum atomic E-state index is 14.9. The monoisotopic (exact) mass is 911 g/mol. The molecule has 2 aliphatic rings. The third-order valence-corrected chi connectivity index (χ3v) is 13.0. The number of hydrogen-bond acceptors (Lipinski definition) is 6. The number of nitrogens with one attached hydrogen (secondary N) is 3. The van der Waals surface area contributed by atoms with E-state index in [-0.39, 0.29) is 5.91 Å². The highest BCUT2D eigenvalue weighted by Gasteiger charge is 2.30. The molecular weight excluding hydrogens is 867 g/mol. The van der Waals surface area contributed by atoms with Crippen LogP contribution in [-0.2, 0) is 21.1 Å². The Hall–Kier alpha value is -9.42. The molecule has 0 atom stereocenters. The molecule has 0 radical (unpaired) electrons. The zero-order valence-corrected chi connectivity index (χ0v) is 38.5. The van der Waals surface area contributed by atoms with Gasteiger partial charge in [-0.2, -0.15) is 0 Å². The predicted octanol–water partition coefficient (Wildman–Crippen LogP) is 12.0. The second-order valence-corrected chi connectivity index (χ2v) is 17.4. The van der Waals surface area contributed by atoms with Crippen LogP contribution in [0.5, 0.6) is 0 Å². The van der Waals surface area contributed by atoms with Crippen LogP contribution in [0.1, 0.15) is 56.5 Å². The SMILES string of the molecule is Cn1ccnc1C(c1nccn1C)c1nc(NC(=O)c2ccccc2-c2c3nc(c(-c4ccccc4)c4ccc([nH]4)c(-c4ccccc4)c4nc(c(-c5ccccc5)c5ccc2[nH]5)C=C4)C=C3)cn1C. The third kappa shape index (κ3) is 7.44. The van der Waals surface area contributed by atoms with Crippen LogP contribution in [0.25, 0.3) is 90.9 Å². The molecule has 8 heterocycles. The van der Waals surface area contributed by atoms with Gasteiger partial charge in [-0.15, -0.1) is 0 Å². The minimum atomic E-state index is -0.400. The Kier molecular flexibility index (Phi) is 10.4. The summed E-state index contributed by atoms with van der Waals surface area (Å²) in [6.07, 6.45) is 17.5. The lowest BCUT2D eigenvalue weighted by atomic mass is 9.97. The number of carbonyl (C=O) groups is 1. The van der Waals surface area contributed by atoms with Gasteiger partial charge in [-0.1, -0.05) is 109 Å². The highest BCUT2D eigenvalue weighted by molar-refractivity contribution is 6.11. The van der Waals surface area contributed by atoms with Crippen LogP contribution >= 0.6 is 0 Å². The van der Waals surface area contributed by atoms with Crippen molar-refractivity contribution >= 4 is 58.1 Å². The minimum Gasteiger partial charge on any atom is -0.354 e. The second kappa shape index (κ2) is 17.3. The van der Waals surface area contributed by atoms with Gasteiger partial charge in [-0.3, -0.25) is 4.79 Å². The van der Waals surface area contributed by atoms with Gasteiger partial charge >= 0.3 is 0 Å². The molecule has 6 aromatic heterocycles. The highest BCUT2D eigenvalue weighted by atomic mass is 16.1. The quantitative estimate of drug-likeness (QED) is 0.132. The van der Waals surface area contributed by atoms with Gasteiger partial charge in [0.25, 0.3) is 5.91 Å². The number of fused-ring (bicyclic) bond motifs is 8. The third-order valence-electron chi connectivity index (χ3n) is 13.0. The van der Waals surface area contributed by atoms with Gasteiger partial charge in [0.05, 0.1) is 22.8 Å². The van der Waals surface area contributed by atoms with Crippen molar-refractivity contribution in [1.29, 1.82) is 0 Å². The Morgan fingerprint density at radius 2 is 0.886 bits per heavy atom. The van der Waals surface area contributed by atoms with E-state index in [1.165, 1.54) is 0 Å². The number of anilines is 1. The van der Waals surface area contributed by atoms with Crippen LogP contribution in [0.3, 0.4) is 0 Å². The zero-order chi connectivity index (χ0) is 47.3. The maximum absolute atomic E-state index is 14.9.